The molecule has 0 radical (unpaired) electrons. The fourth-order valence-electron chi connectivity index (χ4n) is 0.896. The molecule has 58 valence electrons. The van der Waals surface area contributed by atoms with Gasteiger partial charge < -0.3 is 3.11 Å². The van der Waals surface area contributed by atoms with Gasteiger partial charge in [-0.2, -0.15) is 0 Å². The second-order valence-corrected chi connectivity index (χ2v) is 4.89. The summed E-state index contributed by atoms with van der Waals surface area (Å²) in [6, 6.07) is 0.689. The first-order valence-electron chi connectivity index (χ1n) is 3.38. The molecular weight excluding hydrogens is 257 g/mol. The molecule has 0 saturated heterocycles. The fourth-order valence-corrected chi connectivity index (χ4v) is 2.83. The van der Waals surface area contributed by atoms with E-state index in [1.165, 1.54) is 16.4 Å². The first-order valence-corrected chi connectivity index (χ1v) is 5.33. The number of hydrogen-bond donors (Lipinski definition) is 0. The molecule has 0 spiro atoms. The molecule has 0 aromatic rings. The molecule has 1 aliphatic heterocycles. The summed E-state index contributed by atoms with van der Waals surface area (Å²) in [5, 5.41) is 0. The number of hydrogen-bond acceptors (Lipinski definition) is 2. The smallest absolute Gasteiger partial charge is 0.0591 e. The molecule has 1 aliphatic rings. The Morgan fingerprint density at radius 2 is 2.20 bits per heavy atom. The minimum absolute atomic E-state index is 0.689. The van der Waals surface area contributed by atoms with Crippen molar-refractivity contribution < 1.29 is 0 Å². The van der Waals surface area contributed by atoms with Gasteiger partial charge in [-0.25, -0.2) is 0 Å². The van der Waals surface area contributed by atoms with Crippen molar-refractivity contribution in [1.82, 2.24) is 3.11 Å². The maximum absolute atomic E-state index is 2.39. The zero-order chi connectivity index (χ0) is 7.72. The number of rotatable bonds is 0. The van der Waals surface area contributed by atoms with Crippen molar-refractivity contribution in [2.75, 3.05) is 5.75 Å². The first kappa shape index (κ1) is 8.71. The van der Waals surface area contributed by atoms with Gasteiger partial charge in [-0.3, -0.25) is 0 Å². The molecule has 10 heavy (non-hydrogen) atoms. The Bertz CT molecular complexity index is 167. The van der Waals surface area contributed by atoms with E-state index in [4.69, 9.17) is 0 Å². The summed E-state index contributed by atoms with van der Waals surface area (Å²) >= 11 is 4.36. The van der Waals surface area contributed by atoms with Gasteiger partial charge in [0.05, 0.1) is 22.9 Å². The summed E-state index contributed by atoms with van der Waals surface area (Å²) in [4.78, 5) is 1.47. The van der Waals surface area contributed by atoms with Gasteiger partial charge in [-0.1, -0.05) is 0 Å². The van der Waals surface area contributed by atoms with Crippen molar-refractivity contribution >= 4 is 34.6 Å². The van der Waals surface area contributed by atoms with E-state index in [1.54, 1.807) is 0 Å². The molecule has 0 aromatic heterocycles. The molecule has 3 heteroatoms. The minimum atomic E-state index is 0.689. The van der Waals surface area contributed by atoms with Crippen molar-refractivity contribution in [3.63, 3.8) is 0 Å². The largest absolute Gasteiger partial charge is 0.314 e. The van der Waals surface area contributed by atoms with Crippen LogP contribution in [0.2, 0.25) is 0 Å². The van der Waals surface area contributed by atoms with E-state index >= 15 is 0 Å². The Morgan fingerprint density at radius 3 is 2.70 bits per heavy atom. The Balaban J connectivity index is 2.77. The molecule has 0 bridgehead atoms. The number of allylic oxidation sites excluding steroid dienone is 2. The SMILES string of the molecule is CC1=C(C)N(I)C(C)CS1. The van der Waals surface area contributed by atoms with Crippen molar-refractivity contribution in [3.05, 3.63) is 10.6 Å². The van der Waals surface area contributed by atoms with Crippen molar-refractivity contribution in [1.29, 1.82) is 0 Å². The summed E-state index contributed by atoms with van der Waals surface area (Å²) in [7, 11) is 0. The molecule has 0 aromatic carbocycles. The zero-order valence-electron chi connectivity index (χ0n) is 6.52. The maximum atomic E-state index is 2.39. The number of nitrogens with zero attached hydrogens (tertiary/aromatic N) is 1. The van der Waals surface area contributed by atoms with E-state index in [-0.39, 0.29) is 0 Å². The third-order valence-corrected chi connectivity index (χ3v) is 4.81. The standard InChI is InChI=1S/C7H12INS/c1-5-4-10-7(3)6(2)9(5)8/h5H,4H2,1-3H3. The summed E-state index contributed by atoms with van der Waals surface area (Å²) in [6.07, 6.45) is 0. The summed E-state index contributed by atoms with van der Waals surface area (Å²) in [5.41, 5.74) is 1.42. The molecule has 0 saturated carbocycles. The monoisotopic (exact) mass is 269 g/mol. The van der Waals surface area contributed by atoms with Crippen LogP contribution >= 0.6 is 34.6 Å². The van der Waals surface area contributed by atoms with E-state index in [1.807, 2.05) is 11.8 Å². The summed E-state index contributed by atoms with van der Waals surface area (Å²) in [6.45, 7) is 6.64. The minimum Gasteiger partial charge on any atom is -0.314 e. The third kappa shape index (κ3) is 1.61. The van der Waals surface area contributed by atoms with Crippen molar-refractivity contribution in [2.24, 2.45) is 0 Å². The molecular formula is C7H12INS. The molecule has 1 heterocycles. The summed E-state index contributed by atoms with van der Waals surface area (Å²) in [5.74, 6) is 1.23. The van der Waals surface area contributed by atoms with Crippen molar-refractivity contribution in [3.8, 4) is 0 Å². The van der Waals surface area contributed by atoms with Crippen LogP contribution < -0.4 is 0 Å². The Kier molecular flexibility index (Phi) is 2.91. The lowest BCUT2D eigenvalue weighted by Crippen LogP contribution is -2.27. The van der Waals surface area contributed by atoms with E-state index < -0.39 is 0 Å². The van der Waals surface area contributed by atoms with Gasteiger partial charge >= 0.3 is 0 Å². The highest BCUT2D eigenvalue weighted by molar-refractivity contribution is 14.1. The van der Waals surface area contributed by atoms with Crippen LogP contribution in [0.1, 0.15) is 20.8 Å². The molecule has 0 N–H and O–H groups in total. The Hall–Kier alpha value is 0.620. The lowest BCUT2D eigenvalue weighted by atomic mass is 10.3. The highest BCUT2D eigenvalue weighted by Gasteiger charge is 2.18. The maximum Gasteiger partial charge on any atom is 0.0591 e. The summed E-state index contributed by atoms with van der Waals surface area (Å²) < 4.78 is 2.32. The van der Waals surface area contributed by atoms with Gasteiger partial charge in [0.25, 0.3) is 0 Å². The number of thioether (sulfide) groups is 1. The Morgan fingerprint density at radius 1 is 1.60 bits per heavy atom. The second kappa shape index (κ2) is 3.34. The van der Waals surface area contributed by atoms with Crippen LogP contribution in [0.25, 0.3) is 0 Å². The molecule has 0 fully saturated rings. The van der Waals surface area contributed by atoms with E-state index in [2.05, 4.69) is 46.7 Å². The highest BCUT2D eigenvalue weighted by Crippen LogP contribution is 2.32. The molecule has 1 unspecified atom stereocenters. The van der Waals surface area contributed by atoms with E-state index in [9.17, 15) is 0 Å². The molecule has 1 atom stereocenters. The van der Waals surface area contributed by atoms with Gasteiger partial charge in [-0.15, -0.1) is 11.8 Å². The first-order chi connectivity index (χ1) is 4.63. The van der Waals surface area contributed by atoms with Crippen LogP contribution in [0.15, 0.2) is 10.6 Å². The van der Waals surface area contributed by atoms with Crippen LogP contribution in [0, 0.1) is 0 Å². The van der Waals surface area contributed by atoms with Gasteiger partial charge in [0.1, 0.15) is 0 Å². The van der Waals surface area contributed by atoms with Gasteiger partial charge in [0.2, 0.25) is 0 Å². The molecule has 0 aliphatic carbocycles. The lowest BCUT2D eigenvalue weighted by Gasteiger charge is -2.30. The fraction of sp³-hybridized carbons (Fsp3) is 0.714. The van der Waals surface area contributed by atoms with Crippen LogP contribution in [0.5, 0.6) is 0 Å². The second-order valence-electron chi connectivity index (χ2n) is 2.61. The topological polar surface area (TPSA) is 3.24 Å². The van der Waals surface area contributed by atoms with Crippen molar-refractivity contribution in [2.45, 2.75) is 26.8 Å². The molecule has 1 rings (SSSR count). The predicted molar refractivity (Wildman–Crippen MR) is 56.2 cm³/mol. The average molecular weight is 269 g/mol. The Labute approximate surface area is 80.7 Å². The molecule has 0 amide bonds. The lowest BCUT2D eigenvalue weighted by molar-refractivity contribution is 0.510. The third-order valence-electron chi connectivity index (χ3n) is 1.76. The van der Waals surface area contributed by atoms with Gasteiger partial charge in [0.15, 0.2) is 0 Å². The van der Waals surface area contributed by atoms with Gasteiger partial charge in [0, 0.05) is 22.4 Å². The molecule has 1 nitrogen and oxygen atoms in total. The van der Waals surface area contributed by atoms with Crippen LogP contribution in [0.4, 0.5) is 0 Å². The number of halogens is 1. The average Bonchev–Trinajstić information content (AvgIpc) is 1.93. The van der Waals surface area contributed by atoms with Crippen LogP contribution in [-0.2, 0) is 0 Å². The quantitative estimate of drug-likeness (QED) is 0.491. The highest BCUT2D eigenvalue weighted by atomic mass is 127. The zero-order valence-corrected chi connectivity index (χ0v) is 9.49. The predicted octanol–water partition coefficient (Wildman–Crippen LogP) is 3.03. The van der Waals surface area contributed by atoms with Crippen LogP contribution in [0.3, 0.4) is 0 Å². The normalized spacial score (nSPS) is 27.6. The van der Waals surface area contributed by atoms with E-state index in [0.717, 1.165) is 0 Å². The van der Waals surface area contributed by atoms with Gasteiger partial charge in [-0.05, 0) is 20.8 Å². The van der Waals surface area contributed by atoms with E-state index in [0.29, 0.717) is 6.04 Å². The van der Waals surface area contributed by atoms with Crippen LogP contribution in [-0.4, -0.2) is 14.9 Å².